The summed E-state index contributed by atoms with van der Waals surface area (Å²) in [6, 6.07) is -0.159. The van der Waals surface area contributed by atoms with E-state index in [1.165, 1.54) is 0 Å². The molecule has 0 rings (SSSR count). The van der Waals surface area contributed by atoms with Crippen LogP contribution in [-0.2, 0) is 4.79 Å². The first-order valence-electron chi connectivity index (χ1n) is 10.1. The minimum absolute atomic E-state index is 0.0178. The highest BCUT2D eigenvalue weighted by molar-refractivity contribution is 5.89. The molecule has 0 heterocycles. The van der Waals surface area contributed by atoms with Crippen molar-refractivity contribution in [1.82, 2.24) is 9.80 Å². The first-order valence-corrected chi connectivity index (χ1v) is 10.1. The Hall–Kier alpha value is -0.410. The van der Waals surface area contributed by atoms with E-state index in [1.54, 1.807) is 0 Å². The minimum atomic E-state index is -0.374. The lowest BCUT2D eigenvalue weighted by Crippen LogP contribution is -2.67. The lowest BCUT2D eigenvalue weighted by atomic mass is 9.81. The van der Waals surface area contributed by atoms with Gasteiger partial charge in [0.15, 0.2) is 5.78 Å². The summed E-state index contributed by atoms with van der Waals surface area (Å²) >= 11 is 0. The predicted octanol–water partition coefficient (Wildman–Crippen LogP) is 5.77. The molecule has 0 aromatic heterocycles. The van der Waals surface area contributed by atoms with Crippen LogP contribution >= 0.6 is 0 Å². The van der Waals surface area contributed by atoms with Crippen molar-refractivity contribution in [3.8, 4) is 0 Å². The van der Waals surface area contributed by atoms with Crippen molar-refractivity contribution in [2.75, 3.05) is 6.54 Å². The first kappa shape index (κ1) is 25.6. The van der Waals surface area contributed by atoms with Crippen molar-refractivity contribution in [3.05, 3.63) is 0 Å². The second-order valence-corrected chi connectivity index (χ2v) is 12.8. The maximum Gasteiger partial charge on any atom is 0.156 e. The fraction of sp³-hybridized carbons (Fsp3) is 0.957. The molecule has 3 nitrogen and oxygen atoms in total. The lowest BCUT2D eigenvalue weighted by Gasteiger charge is -2.54. The normalized spacial score (nSPS) is 16.3. The van der Waals surface area contributed by atoms with E-state index in [9.17, 15) is 4.79 Å². The summed E-state index contributed by atoms with van der Waals surface area (Å²) in [5, 5.41) is 0. The van der Waals surface area contributed by atoms with Crippen LogP contribution in [0.1, 0.15) is 104 Å². The molecule has 156 valence electrons. The van der Waals surface area contributed by atoms with E-state index in [2.05, 4.69) is 92.9 Å². The maximum atomic E-state index is 13.6. The predicted molar refractivity (Wildman–Crippen MR) is 116 cm³/mol. The largest absolute Gasteiger partial charge is 0.297 e. The highest BCUT2D eigenvalue weighted by Crippen LogP contribution is 2.34. The van der Waals surface area contributed by atoms with Gasteiger partial charge in [0.1, 0.15) is 0 Å². The van der Waals surface area contributed by atoms with E-state index >= 15 is 0 Å². The van der Waals surface area contributed by atoms with Gasteiger partial charge in [-0.1, -0.05) is 20.8 Å². The molecule has 26 heavy (non-hydrogen) atoms. The van der Waals surface area contributed by atoms with Crippen molar-refractivity contribution in [2.24, 2.45) is 5.41 Å². The number of ketones is 1. The quantitative estimate of drug-likeness (QED) is 0.629. The number of hydrogen-bond donors (Lipinski definition) is 0. The minimum Gasteiger partial charge on any atom is -0.297 e. The third-order valence-electron chi connectivity index (χ3n) is 4.77. The standard InChI is InChI=1S/C23H48N2O/c1-19(2,3)18(26)17(25(22(10,11)12)23(13,14)15)16-24(20(4,5)6)21(7,8)9/h17H,16H2,1-15H3. The number of carbonyl (C=O) groups excluding carboxylic acids is 1. The summed E-state index contributed by atoms with van der Waals surface area (Å²) in [5.74, 6) is 0.320. The van der Waals surface area contributed by atoms with Gasteiger partial charge in [0.2, 0.25) is 0 Å². The average molecular weight is 369 g/mol. The summed E-state index contributed by atoms with van der Waals surface area (Å²) in [4.78, 5) is 18.5. The van der Waals surface area contributed by atoms with Gasteiger partial charge in [-0.05, 0) is 83.1 Å². The van der Waals surface area contributed by atoms with Gasteiger partial charge in [-0.3, -0.25) is 14.6 Å². The topological polar surface area (TPSA) is 23.6 Å². The second kappa shape index (κ2) is 7.54. The van der Waals surface area contributed by atoms with E-state index < -0.39 is 0 Å². The van der Waals surface area contributed by atoms with Crippen LogP contribution in [0.4, 0.5) is 0 Å². The van der Waals surface area contributed by atoms with Gasteiger partial charge >= 0.3 is 0 Å². The number of carbonyl (C=O) groups is 1. The van der Waals surface area contributed by atoms with E-state index in [1.807, 2.05) is 20.8 Å². The van der Waals surface area contributed by atoms with Gasteiger partial charge in [-0.2, -0.15) is 0 Å². The SMILES string of the molecule is CC(C)(C)C(=O)C(CN(C(C)(C)C)C(C)(C)C)N(C(C)(C)C)C(C)(C)C. The molecule has 0 spiro atoms. The van der Waals surface area contributed by atoms with Crippen LogP contribution in [-0.4, -0.2) is 50.3 Å². The van der Waals surface area contributed by atoms with Crippen LogP contribution in [0.25, 0.3) is 0 Å². The Morgan fingerprint density at radius 2 is 0.923 bits per heavy atom. The Morgan fingerprint density at radius 1 is 0.615 bits per heavy atom. The summed E-state index contributed by atoms with van der Waals surface area (Å²) in [6.07, 6.45) is 0. The Labute approximate surface area is 164 Å². The van der Waals surface area contributed by atoms with Crippen molar-refractivity contribution in [1.29, 1.82) is 0 Å². The van der Waals surface area contributed by atoms with E-state index in [-0.39, 0.29) is 33.6 Å². The van der Waals surface area contributed by atoms with Crippen molar-refractivity contribution >= 4 is 5.78 Å². The molecule has 0 saturated heterocycles. The van der Waals surface area contributed by atoms with Gasteiger partial charge in [-0.15, -0.1) is 0 Å². The van der Waals surface area contributed by atoms with Gasteiger partial charge in [0.25, 0.3) is 0 Å². The Morgan fingerprint density at radius 3 is 1.12 bits per heavy atom. The highest BCUT2D eigenvalue weighted by atomic mass is 16.1. The van der Waals surface area contributed by atoms with Crippen LogP contribution in [0, 0.1) is 5.41 Å². The van der Waals surface area contributed by atoms with Crippen LogP contribution in [0.3, 0.4) is 0 Å². The molecular formula is C23H48N2O. The zero-order valence-corrected chi connectivity index (χ0v) is 20.6. The fourth-order valence-electron chi connectivity index (χ4n) is 4.45. The number of nitrogens with zero attached hydrogens (tertiary/aromatic N) is 2. The average Bonchev–Trinajstić information content (AvgIpc) is 2.24. The lowest BCUT2D eigenvalue weighted by molar-refractivity contribution is -0.142. The van der Waals surface area contributed by atoms with Crippen LogP contribution in [0.2, 0.25) is 0 Å². The summed E-state index contributed by atoms with van der Waals surface area (Å²) in [7, 11) is 0. The van der Waals surface area contributed by atoms with Crippen LogP contribution in [0.15, 0.2) is 0 Å². The third kappa shape index (κ3) is 6.96. The van der Waals surface area contributed by atoms with Gasteiger partial charge in [0, 0.05) is 34.1 Å². The summed E-state index contributed by atoms with van der Waals surface area (Å²) in [5.41, 5.74) is -0.621. The zero-order chi connectivity index (χ0) is 21.5. The smallest absolute Gasteiger partial charge is 0.156 e. The van der Waals surface area contributed by atoms with Gasteiger partial charge in [-0.25, -0.2) is 0 Å². The Kier molecular flexibility index (Phi) is 7.42. The molecule has 0 amide bonds. The molecule has 1 atom stereocenters. The van der Waals surface area contributed by atoms with E-state index in [0.29, 0.717) is 5.78 Å². The summed E-state index contributed by atoms with van der Waals surface area (Å²) in [6.45, 7) is 33.7. The third-order valence-corrected chi connectivity index (χ3v) is 4.77. The molecule has 0 radical (unpaired) electrons. The van der Waals surface area contributed by atoms with Crippen LogP contribution < -0.4 is 0 Å². The maximum absolute atomic E-state index is 13.6. The molecular weight excluding hydrogens is 320 g/mol. The van der Waals surface area contributed by atoms with Crippen molar-refractivity contribution in [2.45, 2.75) is 132 Å². The molecule has 0 aromatic rings. The van der Waals surface area contributed by atoms with Gasteiger partial charge < -0.3 is 0 Å². The molecule has 0 saturated carbocycles. The molecule has 0 aromatic carbocycles. The number of Topliss-reactive ketones (excluding diaryl/α,β-unsaturated/α-hetero) is 1. The van der Waals surface area contributed by atoms with E-state index in [4.69, 9.17) is 0 Å². The molecule has 0 aliphatic heterocycles. The zero-order valence-electron chi connectivity index (χ0n) is 20.6. The molecule has 3 heteroatoms. The molecule has 0 aliphatic carbocycles. The second-order valence-electron chi connectivity index (χ2n) is 12.8. The Bertz CT molecular complexity index is 445. The first-order chi connectivity index (χ1) is 11.0. The molecule has 0 aliphatic rings. The monoisotopic (exact) mass is 368 g/mol. The molecule has 1 unspecified atom stereocenters. The van der Waals surface area contributed by atoms with Crippen LogP contribution in [0.5, 0.6) is 0 Å². The van der Waals surface area contributed by atoms with Crippen molar-refractivity contribution < 1.29 is 4.79 Å². The number of hydrogen-bond acceptors (Lipinski definition) is 3. The van der Waals surface area contributed by atoms with Crippen molar-refractivity contribution in [3.63, 3.8) is 0 Å². The van der Waals surface area contributed by atoms with Gasteiger partial charge in [0.05, 0.1) is 6.04 Å². The Balaban J connectivity index is 6.40. The van der Waals surface area contributed by atoms with E-state index in [0.717, 1.165) is 6.54 Å². The number of rotatable bonds is 4. The molecule has 0 fully saturated rings. The summed E-state index contributed by atoms with van der Waals surface area (Å²) < 4.78 is 0. The molecule has 0 bridgehead atoms. The molecule has 0 N–H and O–H groups in total. The highest BCUT2D eigenvalue weighted by Gasteiger charge is 2.46. The fourth-order valence-corrected chi connectivity index (χ4v) is 4.45.